The van der Waals surface area contributed by atoms with E-state index in [1.807, 2.05) is 42.5 Å². The number of nitrogens with zero attached hydrogens (tertiary/aromatic N) is 1. The molecule has 4 N–H and O–H groups in total. The standard InChI is InChI=1S/C21H27N5O3.HI/c1-22-19(27)17-6-4-5-15(13-17)11-12-24-20(23-2)25-14-16-7-9-18(10-8-16)26-21(28)29-3;/h4-10,13H,11-12,14H2,1-3H3,(H,22,27)(H,26,28)(H2,23,24,25);1H. The molecule has 0 heterocycles. The largest absolute Gasteiger partial charge is 0.453 e. The predicted molar refractivity (Wildman–Crippen MR) is 130 cm³/mol. The van der Waals surface area contributed by atoms with Crippen LogP contribution in [0.2, 0.25) is 0 Å². The lowest BCUT2D eigenvalue weighted by molar-refractivity contribution is 0.0963. The Bertz CT molecular complexity index is 856. The Morgan fingerprint density at radius 2 is 1.77 bits per heavy atom. The van der Waals surface area contributed by atoms with Gasteiger partial charge in [-0.15, -0.1) is 24.0 Å². The summed E-state index contributed by atoms with van der Waals surface area (Å²) in [6, 6.07) is 15.0. The number of carbonyl (C=O) groups excluding carboxylic acids is 2. The summed E-state index contributed by atoms with van der Waals surface area (Å²) in [5.74, 6) is 0.592. The zero-order chi connectivity index (χ0) is 21.1. The fourth-order valence-corrected chi connectivity index (χ4v) is 2.62. The van der Waals surface area contributed by atoms with Crippen molar-refractivity contribution in [2.75, 3.05) is 33.1 Å². The van der Waals surface area contributed by atoms with Crippen molar-refractivity contribution in [3.8, 4) is 0 Å². The number of nitrogens with one attached hydrogen (secondary N) is 4. The maximum Gasteiger partial charge on any atom is 0.411 e. The van der Waals surface area contributed by atoms with Crippen molar-refractivity contribution in [1.29, 1.82) is 0 Å². The number of carbonyl (C=O) groups is 2. The number of amides is 2. The van der Waals surface area contributed by atoms with Crippen LogP contribution in [0.5, 0.6) is 0 Å². The second-order valence-electron chi connectivity index (χ2n) is 6.20. The van der Waals surface area contributed by atoms with Gasteiger partial charge in [-0.2, -0.15) is 0 Å². The molecular formula is C21H28IN5O3. The van der Waals surface area contributed by atoms with Crippen molar-refractivity contribution < 1.29 is 14.3 Å². The van der Waals surface area contributed by atoms with Gasteiger partial charge in [0.15, 0.2) is 5.96 Å². The van der Waals surface area contributed by atoms with E-state index in [-0.39, 0.29) is 29.9 Å². The molecule has 2 rings (SSSR count). The number of benzene rings is 2. The summed E-state index contributed by atoms with van der Waals surface area (Å²) in [7, 11) is 4.66. The van der Waals surface area contributed by atoms with Gasteiger partial charge in [0, 0.05) is 38.4 Å². The van der Waals surface area contributed by atoms with Crippen molar-refractivity contribution in [2.24, 2.45) is 4.99 Å². The van der Waals surface area contributed by atoms with Gasteiger partial charge >= 0.3 is 6.09 Å². The number of rotatable bonds is 7. The minimum absolute atomic E-state index is 0. The van der Waals surface area contributed by atoms with E-state index in [2.05, 4.69) is 31.0 Å². The monoisotopic (exact) mass is 525 g/mol. The molecule has 0 saturated heterocycles. The first kappa shape index (κ1) is 25.2. The summed E-state index contributed by atoms with van der Waals surface area (Å²) in [4.78, 5) is 27.1. The quantitative estimate of drug-likeness (QED) is 0.253. The minimum atomic E-state index is -0.499. The van der Waals surface area contributed by atoms with Gasteiger partial charge < -0.3 is 20.7 Å². The molecule has 2 amide bonds. The van der Waals surface area contributed by atoms with Crippen LogP contribution in [0.1, 0.15) is 21.5 Å². The molecule has 162 valence electrons. The maximum absolute atomic E-state index is 11.7. The number of anilines is 1. The molecule has 0 aliphatic carbocycles. The molecule has 2 aromatic carbocycles. The minimum Gasteiger partial charge on any atom is -0.453 e. The average Bonchev–Trinajstić information content (AvgIpc) is 2.76. The van der Waals surface area contributed by atoms with E-state index in [4.69, 9.17) is 0 Å². The van der Waals surface area contributed by atoms with Crippen LogP contribution in [0.3, 0.4) is 0 Å². The Kier molecular flexibility index (Phi) is 11.3. The summed E-state index contributed by atoms with van der Waals surface area (Å²) in [5.41, 5.74) is 3.43. The van der Waals surface area contributed by atoms with E-state index in [0.29, 0.717) is 30.3 Å². The molecule has 0 radical (unpaired) electrons. The molecule has 0 bridgehead atoms. The lowest BCUT2D eigenvalue weighted by Gasteiger charge is -2.12. The van der Waals surface area contributed by atoms with Gasteiger partial charge in [0.2, 0.25) is 0 Å². The first-order chi connectivity index (χ1) is 14.0. The van der Waals surface area contributed by atoms with Crippen LogP contribution >= 0.6 is 24.0 Å². The second kappa shape index (κ2) is 13.4. The van der Waals surface area contributed by atoms with Crippen molar-refractivity contribution in [1.82, 2.24) is 16.0 Å². The third-order valence-corrected chi connectivity index (χ3v) is 4.19. The van der Waals surface area contributed by atoms with Gasteiger partial charge in [-0.05, 0) is 41.8 Å². The normalized spacial score (nSPS) is 10.4. The maximum atomic E-state index is 11.7. The summed E-state index contributed by atoms with van der Waals surface area (Å²) >= 11 is 0. The number of hydrogen-bond donors (Lipinski definition) is 4. The summed E-state index contributed by atoms with van der Waals surface area (Å²) < 4.78 is 4.57. The van der Waals surface area contributed by atoms with Gasteiger partial charge in [-0.25, -0.2) is 4.79 Å². The summed E-state index contributed by atoms with van der Waals surface area (Å²) in [6.07, 6.45) is 0.265. The fraction of sp³-hybridized carbons (Fsp3) is 0.286. The van der Waals surface area contributed by atoms with Gasteiger partial charge in [0.1, 0.15) is 0 Å². The highest BCUT2D eigenvalue weighted by Crippen LogP contribution is 2.10. The highest BCUT2D eigenvalue weighted by atomic mass is 127. The molecule has 30 heavy (non-hydrogen) atoms. The molecule has 0 aliphatic heterocycles. The Hall–Kier alpha value is -2.82. The van der Waals surface area contributed by atoms with Gasteiger partial charge in [-0.1, -0.05) is 24.3 Å². The van der Waals surface area contributed by atoms with Crippen LogP contribution in [0.25, 0.3) is 0 Å². The molecule has 2 aromatic rings. The average molecular weight is 525 g/mol. The number of hydrogen-bond acceptors (Lipinski definition) is 4. The number of guanidine groups is 1. The second-order valence-corrected chi connectivity index (χ2v) is 6.20. The van der Waals surface area contributed by atoms with Crippen LogP contribution in [-0.4, -0.2) is 45.7 Å². The van der Waals surface area contributed by atoms with Crippen molar-refractivity contribution in [3.05, 3.63) is 65.2 Å². The van der Waals surface area contributed by atoms with Crippen LogP contribution in [0, 0.1) is 0 Å². The zero-order valence-electron chi connectivity index (χ0n) is 17.3. The molecule has 0 unspecified atom stereocenters. The van der Waals surface area contributed by atoms with E-state index in [0.717, 1.165) is 17.5 Å². The molecule has 9 heteroatoms. The van der Waals surface area contributed by atoms with E-state index < -0.39 is 6.09 Å². The number of methoxy groups -OCH3 is 1. The van der Waals surface area contributed by atoms with E-state index in [9.17, 15) is 9.59 Å². The van der Waals surface area contributed by atoms with E-state index in [1.165, 1.54) is 7.11 Å². The summed E-state index contributed by atoms with van der Waals surface area (Å²) in [5, 5.41) is 11.7. The molecule has 0 atom stereocenters. The first-order valence-electron chi connectivity index (χ1n) is 9.25. The SMILES string of the molecule is CN=C(NCCc1cccc(C(=O)NC)c1)NCc1ccc(NC(=O)OC)cc1.I. The number of aliphatic imine (C=N–C) groups is 1. The lowest BCUT2D eigenvalue weighted by Crippen LogP contribution is -2.37. The highest BCUT2D eigenvalue weighted by molar-refractivity contribution is 14.0. The third kappa shape index (κ3) is 8.27. The predicted octanol–water partition coefficient (Wildman–Crippen LogP) is 2.75. The van der Waals surface area contributed by atoms with E-state index in [1.54, 1.807) is 20.2 Å². The number of halogens is 1. The van der Waals surface area contributed by atoms with Crippen LogP contribution < -0.4 is 21.3 Å². The molecule has 0 spiro atoms. The molecule has 0 saturated carbocycles. The Morgan fingerprint density at radius 1 is 1.03 bits per heavy atom. The van der Waals surface area contributed by atoms with Crippen molar-refractivity contribution in [3.63, 3.8) is 0 Å². The van der Waals surface area contributed by atoms with Gasteiger partial charge in [0.05, 0.1) is 7.11 Å². The lowest BCUT2D eigenvalue weighted by atomic mass is 10.1. The third-order valence-electron chi connectivity index (χ3n) is 4.19. The summed E-state index contributed by atoms with van der Waals surface area (Å²) in [6.45, 7) is 1.27. The van der Waals surface area contributed by atoms with Crippen molar-refractivity contribution >= 4 is 47.6 Å². The van der Waals surface area contributed by atoms with E-state index >= 15 is 0 Å². The smallest absolute Gasteiger partial charge is 0.411 e. The Morgan fingerprint density at radius 3 is 2.40 bits per heavy atom. The van der Waals surface area contributed by atoms with Crippen LogP contribution in [-0.2, 0) is 17.7 Å². The first-order valence-corrected chi connectivity index (χ1v) is 9.25. The van der Waals surface area contributed by atoms with Gasteiger partial charge in [-0.3, -0.25) is 15.1 Å². The Labute approximate surface area is 193 Å². The molecule has 0 aromatic heterocycles. The number of ether oxygens (including phenoxy) is 1. The van der Waals surface area contributed by atoms with Crippen molar-refractivity contribution in [2.45, 2.75) is 13.0 Å². The van der Waals surface area contributed by atoms with Crippen LogP contribution in [0.15, 0.2) is 53.5 Å². The fourth-order valence-electron chi connectivity index (χ4n) is 2.62. The molecule has 8 nitrogen and oxygen atoms in total. The molecule has 0 fully saturated rings. The van der Waals surface area contributed by atoms with Gasteiger partial charge in [0.25, 0.3) is 5.91 Å². The molecule has 0 aliphatic rings. The molecular weight excluding hydrogens is 497 g/mol. The van der Waals surface area contributed by atoms with Crippen LogP contribution in [0.4, 0.5) is 10.5 Å². The Balaban J connectivity index is 0.00000450. The highest BCUT2D eigenvalue weighted by Gasteiger charge is 2.05. The zero-order valence-corrected chi connectivity index (χ0v) is 19.7. The topological polar surface area (TPSA) is 104 Å².